The van der Waals surface area contributed by atoms with E-state index in [9.17, 15) is 5.11 Å². The van der Waals surface area contributed by atoms with Crippen molar-refractivity contribution in [2.45, 2.75) is 52.1 Å². The summed E-state index contributed by atoms with van der Waals surface area (Å²) in [6, 6.07) is 4.16. The van der Waals surface area contributed by atoms with Crippen molar-refractivity contribution < 1.29 is 9.84 Å². The highest BCUT2D eigenvalue weighted by atomic mass is 16.5. The first-order valence-corrected chi connectivity index (χ1v) is 6.84. The van der Waals surface area contributed by atoms with E-state index in [0.29, 0.717) is 0 Å². The van der Waals surface area contributed by atoms with Gasteiger partial charge in [0, 0.05) is 5.56 Å². The van der Waals surface area contributed by atoms with E-state index in [1.165, 1.54) is 5.56 Å². The molecule has 1 aliphatic rings. The van der Waals surface area contributed by atoms with Crippen LogP contribution < -0.4 is 4.74 Å². The Labute approximate surface area is 110 Å². The average Bonchev–Trinajstić information content (AvgIpc) is 2.32. The Morgan fingerprint density at radius 3 is 2.39 bits per heavy atom. The zero-order valence-electron chi connectivity index (χ0n) is 11.9. The summed E-state index contributed by atoms with van der Waals surface area (Å²) in [7, 11) is 1.69. The van der Waals surface area contributed by atoms with Crippen LogP contribution in [-0.2, 0) is 5.60 Å². The molecule has 0 radical (unpaired) electrons. The molecule has 0 saturated heterocycles. The Balaban J connectivity index is 2.43. The Kier molecular flexibility index (Phi) is 3.67. The lowest BCUT2D eigenvalue weighted by Gasteiger charge is -2.37. The summed E-state index contributed by atoms with van der Waals surface area (Å²) >= 11 is 0. The van der Waals surface area contributed by atoms with Gasteiger partial charge in [-0.2, -0.15) is 0 Å². The van der Waals surface area contributed by atoms with Crippen LogP contribution in [0.15, 0.2) is 12.1 Å². The first-order valence-electron chi connectivity index (χ1n) is 6.84. The first kappa shape index (κ1) is 13.4. The summed E-state index contributed by atoms with van der Waals surface area (Å²) in [5, 5.41) is 11.0. The lowest BCUT2D eigenvalue weighted by Crippen LogP contribution is -2.32. The lowest BCUT2D eigenvalue weighted by atomic mass is 9.74. The van der Waals surface area contributed by atoms with Gasteiger partial charge in [-0.05, 0) is 62.6 Å². The molecule has 2 rings (SSSR count). The molecule has 0 heterocycles. The molecule has 0 aromatic heterocycles. The Morgan fingerprint density at radius 2 is 1.83 bits per heavy atom. The van der Waals surface area contributed by atoms with Gasteiger partial charge in [0.25, 0.3) is 0 Å². The fraction of sp³-hybridized carbons (Fsp3) is 0.625. The number of hydrogen-bond donors (Lipinski definition) is 1. The van der Waals surface area contributed by atoms with E-state index < -0.39 is 5.60 Å². The average molecular weight is 248 g/mol. The van der Waals surface area contributed by atoms with Crippen molar-refractivity contribution in [1.82, 2.24) is 0 Å². The predicted octanol–water partition coefficient (Wildman–Crippen LogP) is 3.71. The van der Waals surface area contributed by atoms with Gasteiger partial charge in [-0.3, -0.25) is 0 Å². The van der Waals surface area contributed by atoms with Crippen molar-refractivity contribution in [2.24, 2.45) is 5.92 Å². The van der Waals surface area contributed by atoms with Crippen molar-refractivity contribution in [3.05, 3.63) is 28.8 Å². The number of methoxy groups -OCH3 is 1. The SMILES string of the molecule is COc1cc(C)cc(C)c1C1(O)CCC(C)CC1. The molecule has 0 bridgehead atoms. The summed E-state index contributed by atoms with van der Waals surface area (Å²) in [5.74, 6) is 1.56. The summed E-state index contributed by atoms with van der Waals surface area (Å²) in [5.41, 5.74) is 2.63. The fourth-order valence-electron chi connectivity index (χ4n) is 3.18. The topological polar surface area (TPSA) is 29.5 Å². The Bertz CT molecular complexity index is 429. The van der Waals surface area contributed by atoms with Crippen LogP contribution in [0.1, 0.15) is 49.3 Å². The molecule has 0 atom stereocenters. The van der Waals surface area contributed by atoms with E-state index in [2.05, 4.69) is 26.8 Å². The largest absolute Gasteiger partial charge is 0.496 e. The number of benzene rings is 1. The molecule has 1 aromatic carbocycles. The number of hydrogen-bond acceptors (Lipinski definition) is 2. The van der Waals surface area contributed by atoms with Gasteiger partial charge in [-0.1, -0.05) is 13.0 Å². The molecule has 0 spiro atoms. The van der Waals surface area contributed by atoms with Gasteiger partial charge in [-0.15, -0.1) is 0 Å². The van der Waals surface area contributed by atoms with E-state index in [4.69, 9.17) is 4.74 Å². The van der Waals surface area contributed by atoms with Crippen LogP contribution in [0.5, 0.6) is 5.75 Å². The molecular weight excluding hydrogens is 224 g/mol. The molecule has 2 nitrogen and oxygen atoms in total. The Hall–Kier alpha value is -1.02. The standard InChI is InChI=1S/C16H24O2/c1-11-5-7-16(17,8-6-11)15-13(3)9-12(2)10-14(15)18-4/h9-11,17H,5-8H2,1-4H3. The molecule has 1 aromatic rings. The zero-order chi connectivity index (χ0) is 13.3. The number of rotatable bonds is 2. The summed E-state index contributed by atoms with van der Waals surface area (Å²) < 4.78 is 5.49. The minimum absolute atomic E-state index is 0.699. The van der Waals surface area contributed by atoms with Crippen LogP contribution in [0.4, 0.5) is 0 Å². The van der Waals surface area contributed by atoms with Crippen molar-refractivity contribution in [3.63, 3.8) is 0 Å². The number of ether oxygens (including phenoxy) is 1. The molecule has 1 saturated carbocycles. The van der Waals surface area contributed by atoms with E-state index in [-0.39, 0.29) is 0 Å². The summed E-state index contributed by atoms with van der Waals surface area (Å²) in [6.45, 7) is 6.39. The highest BCUT2D eigenvalue weighted by Gasteiger charge is 2.37. The molecule has 18 heavy (non-hydrogen) atoms. The number of aliphatic hydroxyl groups is 1. The summed E-state index contributed by atoms with van der Waals surface area (Å²) in [6.07, 6.45) is 3.86. The van der Waals surface area contributed by atoms with Crippen LogP contribution in [0.3, 0.4) is 0 Å². The van der Waals surface area contributed by atoms with Gasteiger partial charge < -0.3 is 9.84 Å². The third-order valence-corrected chi connectivity index (χ3v) is 4.23. The zero-order valence-corrected chi connectivity index (χ0v) is 11.9. The van der Waals surface area contributed by atoms with Crippen molar-refractivity contribution in [1.29, 1.82) is 0 Å². The maximum Gasteiger partial charge on any atom is 0.125 e. The van der Waals surface area contributed by atoms with Crippen LogP contribution in [0.25, 0.3) is 0 Å². The van der Waals surface area contributed by atoms with Gasteiger partial charge in [-0.25, -0.2) is 0 Å². The Morgan fingerprint density at radius 1 is 1.22 bits per heavy atom. The minimum atomic E-state index is -0.699. The van der Waals surface area contributed by atoms with Gasteiger partial charge >= 0.3 is 0 Å². The van der Waals surface area contributed by atoms with Crippen LogP contribution in [0, 0.1) is 19.8 Å². The highest BCUT2D eigenvalue weighted by Crippen LogP contribution is 2.44. The second kappa shape index (κ2) is 4.93. The van der Waals surface area contributed by atoms with Crippen molar-refractivity contribution in [2.75, 3.05) is 7.11 Å². The van der Waals surface area contributed by atoms with Gasteiger partial charge in [0.2, 0.25) is 0 Å². The number of aryl methyl sites for hydroxylation is 2. The predicted molar refractivity (Wildman–Crippen MR) is 74.0 cm³/mol. The van der Waals surface area contributed by atoms with Gasteiger partial charge in [0.15, 0.2) is 0 Å². The monoisotopic (exact) mass is 248 g/mol. The van der Waals surface area contributed by atoms with Gasteiger partial charge in [0.05, 0.1) is 12.7 Å². The molecule has 1 N–H and O–H groups in total. The maximum atomic E-state index is 11.0. The third-order valence-electron chi connectivity index (χ3n) is 4.23. The maximum absolute atomic E-state index is 11.0. The van der Waals surface area contributed by atoms with Crippen molar-refractivity contribution in [3.8, 4) is 5.75 Å². The smallest absolute Gasteiger partial charge is 0.125 e. The lowest BCUT2D eigenvalue weighted by molar-refractivity contribution is -0.0143. The second-order valence-electron chi connectivity index (χ2n) is 5.87. The molecule has 100 valence electrons. The second-order valence-corrected chi connectivity index (χ2v) is 5.87. The van der Waals surface area contributed by atoms with Crippen LogP contribution >= 0.6 is 0 Å². The third kappa shape index (κ3) is 2.39. The van der Waals surface area contributed by atoms with Crippen LogP contribution in [-0.4, -0.2) is 12.2 Å². The quantitative estimate of drug-likeness (QED) is 0.864. The van der Waals surface area contributed by atoms with E-state index in [1.54, 1.807) is 7.11 Å². The fourth-order valence-corrected chi connectivity index (χ4v) is 3.18. The highest BCUT2D eigenvalue weighted by molar-refractivity contribution is 5.46. The van der Waals surface area contributed by atoms with E-state index in [0.717, 1.165) is 48.5 Å². The molecule has 0 aliphatic heterocycles. The van der Waals surface area contributed by atoms with E-state index in [1.807, 2.05) is 6.07 Å². The van der Waals surface area contributed by atoms with Gasteiger partial charge in [0.1, 0.15) is 5.75 Å². The van der Waals surface area contributed by atoms with Crippen LogP contribution in [0.2, 0.25) is 0 Å². The minimum Gasteiger partial charge on any atom is -0.496 e. The molecular formula is C16H24O2. The molecule has 0 unspecified atom stereocenters. The molecule has 1 fully saturated rings. The summed E-state index contributed by atoms with van der Waals surface area (Å²) in [4.78, 5) is 0. The molecule has 2 heteroatoms. The first-order chi connectivity index (χ1) is 8.46. The molecule has 0 amide bonds. The molecule has 1 aliphatic carbocycles. The van der Waals surface area contributed by atoms with Crippen molar-refractivity contribution >= 4 is 0 Å². The normalized spacial score (nSPS) is 28.2. The van der Waals surface area contributed by atoms with E-state index >= 15 is 0 Å².